The summed E-state index contributed by atoms with van der Waals surface area (Å²) in [5.41, 5.74) is 6.43. The van der Waals surface area contributed by atoms with Gasteiger partial charge in [-0.25, -0.2) is 0 Å². The van der Waals surface area contributed by atoms with Crippen LogP contribution in [0, 0.1) is 23.7 Å². The minimum Gasteiger partial charge on any atom is -0.327 e. The van der Waals surface area contributed by atoms with E-state index >= 15 is 0 Å². The van der Waals surface area contributed by atoms with Gasteiger partial charge in [-0.3, -0.25) is 0 Å². The second-order valence-corrected chi connectivity index (χ2v) is 5.49. The first kappa shape index (κ1) is 10.5. The fraction of sp³-hybridized carbons (Fsp3) is 1.00. The first-order valence-electron chi connectivity index (χ1n) is 6.51. The van der Waals surface area contributed by atoms with E-state index in [-0.39, 0.29) is 0 Å². The molecule has 0 aromatic carbocycles. The second kappa shape index (κ2) is 4.22. The van der Waals surface area contributed by atoms with E-state index in [0.717, 1.165) is 23.7 Å². The molecule has 82 valence electrons. The van der Waals surface area contributed by atoms with E-state index in [1.165, 1.54) is 38.5 Å². The van der Waals surface area contributed by atoms with Crippen LogP contribution in [0.15, 0.2) is 0 Å². The van der Waals surface area contributed by atoms with Gasteiger partial charge in [-0.2, -0.15) is 0 Å². The lowest BCUT2D eigenvalue weighted by molar-refractivity contribution is 0.218. The zero-order valence-corrected chi connectivity index (χ0v) is 9.71. The average molecular weight is 195 g/mol. The Morgan fingerprint density at radius 1 is 1.14 bits per heavy atom. The highest BCUT2D eigenvalue weighted by atomic mass is 14.7. The van der Waals surface area contributed by atoms with Crippen molar-refractivity contribution < 1.29 is 0 Å². The van der Waals surface area contributed by atoms with Gasteiger partial charge in [0.15, 0.2) is 0 Å². The lowest BCUT2D eigenvalue weighted by Gasteiger charge is -2.32. The number of nitrogens with two attached hydrogens (primary N) is 1. The molecule has 2 rings (SSSR count). The third kappa shape index (κ3) is 1.71. The van der Waals surface area contributed by atoms with Crippen molar-refractivity contribution in [3.8, 4) is 0 Å². The molecule has 2 fully saturated rings. The van der Waals surface area contributed by atoms with Crippen molar-refractivity contribution in [3.05, 3.63) is 0 Å². The Morgan fingerprint density at radius 2 is 1.86 bits per heavy atom. The summed E-state index contributed by atoms with van der Waals surface area (Å²) in [6, 6.07) is 0.500. The van der Waals surface area contributed by atoms with Crippen LogP contribution in [-0.4, -0.2) is 6.04 Å². The first-order chi connectivity index (χ1) is 6.76. The van der Waals surface area contributed by atoms with E-state index in [1.54, 1.807) is 0 Å². The lowest BCUT2D eigenvalue weighted by Crippen LogP contribution is -2.39. The highest BCUT2D eigenvalue weighted by molar-refractivity contribution is 4.95. The van der Waals surface area contributed by atoms with E-state index in [4.69, 9.17) is 5.73 Å². The Bertz CT molecular complexity index is 186. The van der Waals surface area contributed by atoms with Crippen molar-refractivity contribution in [2.75, 3.05) is 0 Å². The molecule has 2 N–H and O–H groups in total. The highest BCUT2D eigenvalue weighted by Gasteiger charge is 2.43. The topological polar surface area (TPSA) is 26.0 Å². The summed E-state index contributed by atoms with van der Waals surface area (Å²) in [5, 5.41) is 0. The Balaban J connectivity index is 1.94. The van der Waals surface area contributed by atoms with Crippen molar-refractivity contribution in [2.24, 2.45) is 29.4 Å². The van der Waals surface area contributed by atoms with Gasteiger partial charge in [0.2, 0.25) is 0 Å². The molecule has 2 bridgehead atoms. The Kier molecular flexibility index (Phi) is 3.16. The third-order valence-corrected chi connectivity index (χ3v) is 4.88. The number of hydrogen-bond donors (Lipinski definition) is 1. The maximum atomic E-state index is 6.43. The Labute approximate surface area is 88.4 Å². The van der Waals surface area contributed by atoms with Crippen LogP contribution in [0.3, 0.4) is 0 Å². The minimum atomic E-state index is 0.500. The molecule has 0 aromatic heterocycles. The molecule has 0 radical (unpaired) electrons. The molecule has 0 aromatic rings. The molecule has 0 spiro atoms. The maximum Gasteiger partial charge on any atom is 0.00981 e. The van der Waals surface area contributed by atoms with Crippen molar-refractivity contribution >= 4 is 0 Å². The fourth-order valence-electron chi connectivity index (χ4n) is 3.95. The predicted molar refractivity (Wildman–Crippen MR) is 61.0 cm³/mol. The van der Waals surface area contributed by atoms with Gasteiger partial charge in [0.1, 0.15) is 0 Å². The molecule has 2 aliphatic carbocycles. The molecule has 4 unspecified atom stereocenters. The summed E-state index contributed by atoms with van der Waals surface area (Å²) in [4.78, 5) is 0. The SMILES string of the molecule is CCC(CC)C(N)C1CC2CCC1C2. The van der Waals surface area contributed by atoms with Gasteiger partial charge in [-0.05, 0) is 42.9 Å². The van der Waals surface area contributed by atoms with Crippen LogP contribution in [0.25, 0.3) is 0 Å². The summed E-state index contributed by atoms with van der Waals surface area (Å²) >= 11 is 0. The molecule has 1 heteroatoms. The zero-order valence-electron chi connectivity index (χ0n) is 9.71. The molecule has 14 heavy (non-hydrogen) atoms. The minimum absolute atomic E-state index is 0.500. The van der Waals surface area contributed by atoms with Gasteiger partial charge in [-0.1, -0.05) is 33.1 Å². The summed E-state index contributed by atoms with van der Waals surface area (Å²) in [6.07, 6.45) is 8.46. The predicted octanol–water partition coefficient (Wildman–Crippen LogP) is 3.19. The van der Waals surface area contributed by atoms with Crippen LogP contribution in [0.4, 0.5) is 0 Å². The average Bonchev–Trinajstić information content (AvgIpc) is 2.80. The summed E-state index contributed by atoms with van der Waals surface area (Å²) in [6.45, 7) is 4.59. The van der Waals surface area contributed by atoms with E-state index in [2.05, 4.69) is 13.8 Å². The van der Waals surface area contributed by atoms with Gasteiger partial charge in [-0.15, -0.1) is 0 Å². The molecule has 0 amide bonds. The number of rotatable bonds is 4. The summed E-state index contributed by atoms with van der Waals surface area (Å²) in [7, 11) is 0. The first-order valence-corrected chi connectivity index (χ1v) is 6.51. The van der Waals surface area contributed by atoms with Crippen LogP contribution in [0.1, 0.15) is 52.4 Å². The molecule has 0 saturated heterocycles. The molecule has 4 atom stereocenters. The number of fused-ring (bicyclic) bond motifs is 2. The lowest BCUT2D eigenvalue weighted by atomic mass is 9.77. The molecule has 0 heterocycles. The van der Waals surface area contributed by atoms with E-state index in [0.29, 0.717) is 6.04 Å². The summed E-state index contributed by atoms with van der Waals surface area (Å²) in [5.74, 6) is 3.69. The van der Waals surface area contributed by atoms with Crippen molar-refractivity contribution in [1.82, 2.24) is 0 Å². The van der Waals surface area contributed by atoms with E-state index in [1.807, 2.05) is 0 Å². The van der Waals surface area contributed by atoms with Crippen molar-refractivity contribution in [3.63, 3.8) is 0 Å². The maximum absolute atomic E-state index is 6.43. The normalized spacial score (nSPS) is 38.1. The van der Waals surface area contributed by atoms with Crippen LogP contribution < -0.4 is 5.73 Å². The van der Waals surface area contributed by atoms with Crippen LogP contribution in [0.2, 0.25) is 0 Å². The zero-order chi connectivity index (χ0) is 10.1. The molecule has 1 nitrogen and oxygen atoms in total. The van der Waals surface area contributed by atoms with Crippen LogP contribution in [-0.2, 0) is 0 Å². The molecule has 0 aliphatic heterocycles. The van der Waals surface area contributed by atoms with E-state index < -0.39 is 0 Å². The quantitative estimate of drug-likeness (QED) is 0.732. The van der Waals surface area contributed by atoms with Crippen LogP contribution >= 0.6 is 0 Å². The van der Waals surface area contributed by atoms with Crippen LogP contribution in [0.5, 0.6) is 0 Å². The van der Waals surface area contributed by atoms with Gasteiger partial charge >= 0.3 is 0 Å². The monoisotopic (exact) mass is 195 g/mol. The Morgan fingerprint density at radius 3 is 2.29 bits per heavy atom. The third-order valence-electron chi connectivity index (χ3n) is 4.88. The highest BCUT2D eigenvalue weighted by Crippen LogP contribution is 2.50. The number of hydrogen-bond acceptors (Lipinski definition) is 1. The van der Waals surface area contributed by atoms with Crippen molar-refractivity contribution in [1.29, 1.82) is 0 Å². The van der Waals surface area contributed by atoms with Gasteiger partial charge in [0.25, 0.3) is 0 Å². The van der Waals surface area contributed by atoms with Crippen molar-refractivity contribution in [2.45, 2.75) is 58.4 Å². The molecular formula is C13H25N. The van der Waals surface area contributed by atoms with E-state index in [9.17, 15) is 0 Å². The molecule has 2 aliphatic rings. The molecular weight excluding hydrogens is 170 g/mol. The largest absolute Gasteiger partial charge is 0.327 e. The van der Waals surface area contributed by atoms with Gasteiger partial charge in [0.05, 0.1) is 0 Å². The van der Waals surface area contributed by atoms with Gasteiger partial charge in [0, 0.05) is 6.04 Å². The Hall–Kier alpha value is -0.0400. The molecule has 2 saturated carbocycles. The summed E-state index contributed by atoms with van der Waals surface area (Å²) < 4.78 is 0. The second-order valence-electron chi connectivity index (χ2n) is 5.49. The van der Waals surface area contributed by atoms with Gasteiger partial charge < -0.3 is 5.73 Å². The standard InChI is InChI=1S/C13H25N/c1-3-10(4-2)13(14)12-8-9-5-6-11(12)7-9/h9-13H,3-8,14H2,1-2H3. The fourth-order valence-corrected chi connectivity index (χ4v) is 3.95. The smallest absolute Gasteiger partial charge is 0.00981 e.